The number of nitrogens with one attached hydrogen (secondary N) is 2. The number of likely N-dealkylation sites (tertiary alicyclic amines) is 1. The molecule has 2 heterocycles. The molecule has 0 spiro atoms. The third-order valence-corrected chi connectivity index (χ3v) is 8.38. The lowest BCUT2D eigenvalue weighted by Gasteiger charge is -2.42. The van der Waals surface area contributed by atoms with Crippen molar-refractivity contribution < 1.29 is 12.8 Å². The van der Waals surface area contributed by atoms with E-state index in [-0.39, 0.29) is 16.2 Å². The molecule has 0 radical (unpaired) electrons. The van der Waals surface area contributed by atoms with Gasteiger partial charge in [0.05, 0.1) is 10.7 Å². The molecule has 0 unspecified atom stereocenters. The van der Waals surface area contributed by atoms with Crippen LogP contribution in [0.1, 0.15) is 44.9 Å². The summed E-state index contributed by atoms with van der Waals surface area (Å²) in [5.74, 6) is -0.837. The van der Waals surface area contributed by atoms with Crippen LogP contribution in [0.25, 0.3) is 0 Å². The monoisotopic (exact) mass is 472 g/mol. The first-order valence-corrected chi connectivity index (χ1v) is 13.1. The van der Waals surface area contributed by atoms with Gasteiger partial charge in [0.2, 0.25) is 0 Å². The Morgan fingerprint density at radius 1 is 1.13 bits per heavy atom. The quantitative estimate of drug-likeness (QED) is 0.622. The normalized spacial score (nSPS) is 23.3. The number of hydrogen-bond acceptors (Lipinski definition) is 6. The Kier molecular flexibility index (Phi) is 6.81. The van der Waals surface area contributed by atoms with Gasteiger partial charge in [0.25, 0.3) is 10.0 Å². The number of halogens is 2. The van der Waals surface area contributed by atoms with Crippen LogP contribution >= 0.6 is 22.9 Å². The van der Waals surface area contributed by atoms with E-state index in [4.69, 9.17) is 11.6 Å². The van der Waals surface area contributed by atoms with Gasteiger partial charge in [0.15, 0.2) is 5.13 Å². The van der Waals surface area contributed by atoms with Crippen LogP contribution in [0.2, 0.25) is 5.02 Å². The van der Waals surface area contributed by atoms with Crippen LogP contribution in [0.15, 0.2) is 28.6 Å². The molecule has 1 aromatic carbocycles. The van der Waals surface area contributed by atoms with Crippen LogP contribution < -0.4 is 10.0 Å². The van der Waals surface area contributed by atoms with Crippen molar-refractivity contribution in [3.63, 3.8) is 0 Å². The highest BCUT2D eigenvalue weighted by molar-refractivity contribution is 7.93. The Balaban J connectivity index is 1.54. The van der Waals surface area contributed by atoms with Crippen LogP contribution in [0, 0.1) is 5.82 Å². The minimum absolute atomic E-state index is 0.171. The predicted molar refractivity (Wildman–Crippen MR) is 119 cm³/mol. The van der Waals surface area contributed by atoms with Crippen molar-refractivity contribution >= 4 is 43.8 Å². The topological polar surface area (TPSA) is 74.3 Å². The van der Waals surface area contributed by atoms with Crippen LogP contribution in [0.5, 0.6) is 0 Å². The molecule has 0 bridgehead atoms. The molecule has 30 heavy (non-hydrogen) atoms. The Hall–Kier alpha value is -1.42. The van der Waals surface area contributed by atoms with Crippen LogP contribution in [0.3, 0.4) is 0 Å². The van der Waals surface area contributed by atoms with Crippen molar-refractivity contribution in [3.05, 3.63) is 34.5 Å². The predicted octanol–water partition coefficient (Wildman–Crippen LogP) is 4.95. The second kappa shape index (κ2) is 9.38. The number of piperidine rings is 1. The lowest BCUT2D eigenvalue weighted by molar-refractivity contribution is 0.121. The summed E-state index contributed by atoms with van der Waals surface area (Å²) < 4.78 is 42.2. The van der Waals surface area contributed by atoms with Crippen LogP contribution in [-0.4, -0.2) is 43.5 Å². The maximum absolute atomic E-state index is 14.8. The van der Waals surface area contributed by atoms with Crippen molar-refractivity contribution in [2.75, 3.05) is 23.1 Å². The van der Waals surface area contributed by atoms with E-state index in [9.17, 15) is 12.8 Å². The lowest BCUT2D eigenvalue weighted by Crippen LogP contribution is -2.50. The fourth-order valence-corrected chi connectivity index (χ4v) is 6.61. The molecule has 1 saturated heterocycles. The van der Waals surface area contributed by atoms with E-state index >= 15 is 0 Å². The van der Waals surface area contributed by atoms with E-state index in [0.29, 0.717) is 11.7 Å². The molecule has 1 saturated carbocycles. The molecule has 1 aliphatic heterocycles. The molecule has 1 aliphatic carbocycles. The summed E-state index contributed by atoms with van der Waals surface area (Å²) in [5.41, 5.74) is 0.441. The summed E-state index contributed by atoms with van der Waals surface area (Å²) in [7, 11) is -4.11. The van der Waals surface area contributed by atoms with Gasteiger partial charge in [0.1, 0.15) is 10.7 Å². The Labute approximate surface area is 185 Å². The maximum Gasteiger partial charge on any atom is 0.266 e. The number of nitrogens with zero attached hydrogens (tertiary/aromatic N) is 2. The van der Waals surface area contributed by atoms with Gasteiger partial charge >= 0.3 is 0 Å². The highest BCUT2D eigenvalue weighted by Gasteiger charge is 2.32. The third-order valence-electron chi connectivity index (χ3n) is 5.90. The number of anilines is 2. The van der Waals surface area contributed by atoms with E-state index < -0.39 is 20.7 Å². The van der Waals surface area contributed by atoms with Gasteiger partial charge in [-0.25, -0.2) is 17.8 Å². The number of aromatic nitrogens is 1. The van der Waals surface area contributed by atoms with Gasteiger partial charge in [-0.2, -0.15) is 0 Å². The number of thiazole rings is 1. The zero-order valence-electron chi connectivity index (χ0n) is 16.6. The lowest BCUT2D eigenvalue weighted by atomic mass is 9.88. The second-order valence-corrected chi connectivity index (χ2v) is 10.9. The molecule has 2 fully saturated rings. The van der Waals surface area contributed by atoms with Gasteiger partial charge in [-0.1, -0.05) is 30.9 Å². The van der Waals surface area contributed by atoms with Crippen molar-refractivity contribution in [1.29, 1.82) is 0 Å². The molecule has 6 nitrogen and oxygen atoms in total. The smallest absolute Gasteiger partial charge is 0.266 e. The van der Waals surface area contributed by atoms with Crippen molar-refractivity contribution in [3.8, 4) is 0 Å². The molecule has 2 aliphatic rings. The highest BCUT2D eigenvalue weighted by Crippen LogP contribution is 2.33. The highest BCUT2D eigenvalue weighted by atomic mass is 35.5. The molecular formula is C20H26ClFN4O2S2. The molecule has 2 atom stereocenters. The molecular weight excluding hydrogens is 447 g/mol. The molecule has 2 N–H and O–H groups in total. The van der Waals surface area contributed by atoms with Gasteiger partial charge < -0.3 is 5.32 Å². The second-order valence-electron chi connectivity index (χ2n) is 7.90. The minimum Gasteiger partial charge on any atom is -0.379 e. The number of sulfonamides is 1. The van der Waals surface area contributed by atoms with Crippen molar-refractivity contribution in [2.45, 2.75) is 61.9 Å². The van der Waals surface area contributed by atoms with E-state index in [1.165, 1.54) is 44.0 Å². The third kappa shape index (κ3) is 4.90. The average Bonchev–Trinajstić information content (AvgIpc) is 3.23. The number of benzene rings is 1. The Bertz CT molecular complexity index is 965. The van der Waals surface area contributed by atoms with Gasteiger partial charge in [-0.15, -0.1) is 11.3 Å². The van der Waals surface area contributed by atoms with E-state index in [2.05, 4.69) is 19.9 Å². The first-order valence-electron chi connectivity index (χ1n) is 10.4. The van der Waals surface area contributed by atoms with Gasteiger partial charge in [-0.05, 0) is 50.9 Å². The fourth-order valence-electron chi connectivity index (χ4n) is 4.46. The minimum atomic E-state index is -4.11. The average molecular weight is 473 g/mol. The Morgan fingerprint density at radius 3 is 2.63 bits per heavy atom. The molecule has 10 heteroatoms. The fraction of sp³-hybridized carbons (Fsp3) is 0.550. The molecule has 2 aromatic rings. The first kappa shape index (κ1) is 21.8. The largest absolute Gasteiger partial charge is 0.379 e. The van der Waals surface area contributed by atoms with Crippen LogP contribution in [-0.2, 0) is 10.0 Å². The number of hydrogen-bond donors (Lipinski definition) is 2. The van der Waals surface area contributed by atoms with Crippen molar-refractivity contribution in [2.24, 2.45) is 0 Å². The van der Waals surface area contributed by atoms with Gasteiger partial charge in [-0.3, -0.25) is 9.62 Å². The zero-order valence-corrected chi connectivity index (χ0v) is 19.0. The van der Waals surface area contributed by atoms with Crippen molar-refractivity contribution in [1.82, 2.24) is 9.88 Å². The molecule has 1 aromatic heterocycles. The summed E-state index contributed by atoms with van der Waals surface area (Å²) in [6, 6.07) is 2.94. The Morgan fingerprint density at radius 2 is 1.90 bits per heavy atom. The SMILES string of the molecule is O=S(=O)(Nc1nccs1)c1cc(Cl)c(N[C@H]2CCCC[C@@H]2N2CCCCC2)cc1F. The summed E-state index contributed by atoms with van der Waals surface area (Å²) in [6.45, 7) is 2.20. The molecule has 4 rings (SSSR count). The van der Waals surface area contributed by atoms with E-state index in [0.717, 1.165) is 43.7 Å². The van der Waals surface area contributed by atoms with E-state index in [1.807, 2.05) is 0 Å². The van der Waals surface area contributed by atoms with Crippen LogP contribution in [0.4, 0.5) is 15.2 Å². The summed E-state index contributed by atoms with van der Waals surface area (Å²) in [4.78, 5) is 5.94. The summed E-state index contributed by atoms with van der Waals surface area (Å²) >= 11 is 7.51. The van der Waals surface area contributed by atoms with E-state index in [1.54, 1.807) is 5.38 Å². The summed E-state index contributed by atoms with van der Waals surface area (Å²) in [5, 5.41) is 5.43. The zero-order chi connectivity index (χ0) is 21.1. The maximum atomic E-state index is 14.8. The number of rotatable bonds is 6. The molecule has 164 valence electrons. The standard InChI is InChI=1S/C20H26ClFN4O2S2/c21-14-12-19(30(27,28)25-20-23-8-11-29-20)15(22)13-17(14)24-16-6-2-3-7-18(16)26-9-4-1-5-10-26/h8,11-13,16,18,24H,1-7,9-10H2,(H,23,25)/t16-,18-/m0/s1. The first-order chi connectivity index (χ1) is 14.4. The van der Waals surface area contributed by atoms with Gasteiger partial charge in [0, 0.05) is 23.7 Å². The molecule has 0 amide bonds. The summed E-state index contributed by atoms with van der Waals surface area (Å²) in [6.07, 6.45) is 9.61.